The van der Waals surface area contributed by atoms with Crippen LogP contribution >= 0.6 is 15.9 Å². The van der Waals surface area contributed by atoms with Crippen LogP contribution in [0, 0.1) is 6.92 Å². The van der Waals surface area contributed by atoms with E-state index < -0.39 is 6.04 Å². The van der Waals surface area contributed by atoms with E-state index in [-0.39, 0.29) is 18.4 Å². The van der Waals surface area contributed by atoms with Crippen LogP contribution in [0.15, 0.2) is 53.0 Å². The summed E-state index contributed by atoms with van der Waals surface area (Å²) >= 11 is 3.40. The Hall–Kier alpha value is -2.34. The summed E-state index contributed by atoms with van der Waals surface area (Å²) in [4.78, 5) is 26.3. The molecule has 2 rings (SSSR count). The molecule has 1 atom stereocenters. The Morgan fingerprint density at radius 2 is 1.88 bits per heavy atom. The van der Waals surface area contributed by atoms with Crippen molar-refractivity contribution in [2.75, 3.05) is 13.7 Å². The lowest BCUT2D eigenvalue weighted by atomic mass is 10.1. The maximum absolute atomic E-state index is 12.7. The number of aryl methyl sites for hydroxylation is 1. The molecular weight excluding hydrogens is 396 g/mol. The number of hydrogen-bond donors (Lipinski definition) is 1. The van der Waals surface area contributed by atoms with Crippen molar-refractivity contribution in [1.29, 1.82) is 0 Å². The van der Waals surface area contributed by atoms with Crippen molar-refractivity contribution in [3.05, 3.63) is 64.1 Å². The smallest absolute Gasteiger partial charge is 0.261 e. The van der Waals surface area contributed by atoms with Gasteiger partial charge in [-0.1, -0.05) is 40.2 Å². The van der Waals surface area contributed by atoms with Crippen LogP contribution in [0.5, 0.6) is 5.75 Å². The van der Waals surface area contributed by atoms with Gasteiger partial charge < -0.3 is 15.0 Å². The van der Waals surface area contributed by atoms with Gasteiger partial charge in [-0.3, -0.25) is 9.59 Å². The van der Waals surface area contributed by atoms with Crippen molar-refractivity contribution < 1.29 is 14.3 Å². The SMILES string of the molecule is CNC(=O)C(C)N(Cc1ccc(Br)cc1)C(=O)COc1cccc(C)c1. The van der Waals surface area contributed by atoms with E-state index in [4.69, 9.17) is 4.74 Å². The number of ether oxygens (including phenoxy) is 1. The number of hydrogen-bond acceptors (Lipinski definition) is 3. The van der Waals surface area contributed by atoms with E-state index in [2.05, 4.69) is 21.2 Å². The zero-order valence-electron chi connectivity index (χ0n) is 15.2. The minimum atomic E-state index is -0.600. The molecule has 2 aromatic rings. The van der Waals surface area contributed by atoms with Gasteiger partial charge >= 0.3 is 0 Å². The van der Waals surface area contributed by atoms with Crippen molar-refractivity contribution in [2.24, 2.45) is 0 Å². The highest BCUT2D eigenvalue weighted by Gasteiger charge is 2.25. The first-order valence-electron chi connectivity index (χ1n) is 8.35. The normalized spacial score (nSPS) is 11.5. The van der Waals surface area contributed by atoms with E-state index in [1.54, 1.807) is 14.0 Å². The molecule has 0 bridgehead atoms. The van der Waals surface area contributed by atoms with Crippen molar-refractivity contribution in [1.82, 2.24) is 10.2 Å². The van der Waals surface area contributed by atoms with Crippen LogP contribution in [0.3, 0.4) is 0 Å². The fourth-order valence-corrected chi connectivity index (χ4v) is 2.78. The van der Waals surface area contributed by atoms with Crippen molar-refractivity contribution in [2.45, 2.75) is 26.4 Å². The topological polar surface area (TPSA) is 58.6 Å². The third-order valence-corrected chi connectivity index (χ3v) is 4.56. The highest BCUT2D eigenvalue weighted by atomic mass is 79.9. The molecule has 1 unspecified atom stereocenters. The minimum Gasteiger partial charge on any atom is -0.484 e. The second kappa shape index (κ2) is 9.38. The van der Waals surface area contributed by atoms with Crippen molar-refractivity contribution >= 4 is 27.7 Å². The van der Waals surface area contributed by atoms with E-state index in [1.807, 2.05) is 55.5 Å². The second-order valence-corrected chi connectivity index (χ2v) is 6.96. The molecule has 0 aliphatic carbocycles. The lowest BCUT2D eigenvalue weighted by molar-refractivity contribution is -0.142. The predicted molar refractivity (Wildman–Crippen MR) is 105 cm³/mol. The third-order valence-electron chi connectivity index (χ3n) is 4.03. The van der Waals surface area contributed by atoms with Crippen LogP contribution in [-0.2, 0) is 16.1 Å². The van der Waals surface area contributed by atoms with E-state index in [0.717, 1.165) is 15.6 Å². The largest absolute Gasteiger partial charge is 0.484 e. The molecule has 0 radical (unpaired) electrons. The summed E-state index contributed by atoms with van der Waals surface area (Å²) in [5.74, 6) is 0.172. The zero-order valence-corrected chi connectivity index (χ0v) is 16.7. The van der Waals surface area contributed by atoms with Gasteiger partial charge in [-0.2, -0.15) is 0 Å². The van der Waals surface area contributed by atoms with Gasteiger partial charge in [0.05, 0.1) is 0 Å². The Bertz CT molecular complexity index is 762. The third kappa shape index (κ3) is 5.59. The first kappa shape index (κ1) is 20.0. The van der Waals surface area contributed by atoms with Gasteiger partial charge in [-0.15, -0.1) is 0 Å². The number of carbonyl (C=O) groups is 2. The lowest BCUT2D eigenvalue weighted by Crippen LogP contribution is -2.48. The Labute approximate surface area is 162 Å². The Morgan fingerprint density at radius 1 is 1.19 bits per heavy atom. The average molecular weight is 419 g/mol. The van der Waals surface area contributed by atoms with Crippen molar-refractivity contribution in [3.8, 4) is 5.75 Å². The van der Waals surface area contributed by atoms with E-state index in [0.29, 0.717) is 12.3 Å². The molecule has 0 fully saturated rings. The summed E-state index contributed by atoms with van der Waals surface area (Å²) in [7, 11) is 1.56. The Kier molecular flexibility index (Phi) is 7.21. The van der Waals surface area contributed by atoms with E-state index in [1.165, 1.54) is 4.90 Å². The van der Waals surface area contributed by atoms with Gasteiger partial charge in [-0.25, -0.2) is 0 Å². The first-order valence-corrected chi connectivity index (χ1v) is 9.15. The van der Waals surface area contributed by atoms with Crippen LogP contribution in [0.2, 0.25) is 0 Å². The number of rotatable bonds is 7. The molecule has 26 heavy (non-hydrogen) atoms. The van der Waals surface area contributed by atoms with Crippen molar-refractivity contribution in [3.63, 3.8) is 0 Å². The molecule has 1 N–H and O–H groups in total. The molecule has 138 valence electrons. The number of likely N-dealkylation sites (N-methyl/N-ethyl adjacent to an activating group) is 1. The summed E-state index contributed by atoms with van der Waals surface area (Å²) in [5, 5.41) is 2.60. The highest BCUT2D eigenvalue weighted by Crippen LogP contribution is 2.16. The number of nitrogens with zero attached hydrogens (tertiary/aromatic N) is 1. The van der Waals surface area contributed by atoms with Gasteiger partial charge in [0.25, 0.3) is 5.91 Å². The summed E-state index contributed by atoms with van der Waals surface area (Å²) in [6, 6.07) is 14.6. The fraction of sp³-hybridized carbons (Fsp3) is 0.300. The number of halogens is 1. The Morgan fingerprint density at radius 3 is 2.50 bits per heavy atom. The van der Waals surface area contributed by atoms with E-state index in [9.17, 15) is 9.59 Å². The highest BCUT2D eigenvalue weighted by molar-refractivity contribution is 9.10. The summed E-state index contributed by atoms with van der Waals surface area (Å²) in [6.45, 7) is 3.88. The molecule has 2 aromatic carbocycles. The molecule has 5 nitrogen and oxygen atoms in total. The van der Waals surface area contributed by atoms with Gasteiger partial charge in [-0.05, 0) is 49.2 Å². The molecule has 0 saturated heterocycles. The van der Waals surface area contributed by atoms with Crippen LogP contribution < -0.4 is 10.1 Å². The molecule has 2 amide bonds. The fourth-order valence-electron chi connectivity index (χ4n) is 2.51. The van der Waals surface area contributed by atoms with Crippen LogP contribution in [0.4, 0.5) is 0 Å². The Balaban J connectivity index is 2.12. The molecule has 0 saturated carbocycles. The molecule has 0 heterocycles. The summed E-state index contributed by atoms with van der Waals surface area (Å²) in [6.07, 6.45) is 0. The maximum Gasteiger partial charge on any atom is 0.261 e. The van der Waals surface area contributed by atoms with Crippen LogP contribution in [0.1, 0.15) is 18.1 Å². The quantitative estimate of drug-likeness (QED) is 0.750. The van der Waals surface area contributed by atoms with Crippen LogP contribution in [0.25, 0.3) is 0 Å². The monoisotopic (exact) mass is 418 g/mol. The van der Waals surface area contributed by atoms with Gasteiger partial charge in [0, 0.05) is 18.1 Å². The standard InChI is InChI=1S/C20H23BrN2O3/c1-14-5-4-6-18(11-14)26-13-19(24)23(15(2)20(25)22-3)12-16-7-9-17(21)10-8-16/h4-11,15H,12-13H2,1-3H3,(H,22,25). The number of carbonyl (C=O) groups excluding carboxylic acids is 2. The zero-order chi connectivity index (χ0) is 19.1. The molecule has 0 aromatic heterocycles. The van der Waals surface area contributed by atoms with Crippen LogP contribution in [-0.4, -0.2) is 36.4 Å². The van der Waals surface area contributed by atoms with Gasteiger partial charge in [0.15, 0.2) is 6.61 Å². The number of nitrogens with one attached hydrogen (secondary N) is 1. The molecule has 0 spiro atoms. The van der Waals surface area contributed by atoms with Gasteiger partial charge in [0.1, 0.15) is 11.8 Å². The summed E-state index contributed by atoms with van der Waals surface area (Å²) < 4.78 is 6.58. The second-order valence-electron chi connectivity index (χ2n) is 6.04. The molecule has 0 aliphatic heterocycles. The summed E-state index contributed by atoms with van der Waals surface area (Å²) in [5.41, 5.74) is 1.99. The predicted octanol–water partition coefficient (Wildman–Crippen LogP) is 3.30. The lowest BCUT2D eigenvalue weighted by Gasteiger charge is -2.28. The molecular formula is C20H23BrN2O3. The average Bonchev–Trinajstić information content (AvgIpc) is 2.64. The molecule has 0 aliphatic rings. The van der Waals surface area contributed by atoms with E-state index >= 15 is 0 Å². The number of benzene rings is 2. The van der Waals surface area contributed by atoms with Gasteiger partial charge in [0.2, 0.25) is 5.91 Å². The number of amides is 2. The minimum absolute atomic E-state index is 0.124. The first-order chi connectivity index (χ1) is 12.4. The molecule has 6 heteroatoms. The maximum atomic E-state index is 12.7.